The first kappa shape index (κ1) is 20.7. The van der Waals surface area contributed by atoms with Gasteiger partial charge in [-0.25, -0.2) is 4.18 Å². The number of hydrogen-bond donors (Lipinski definition) is 4. The lowest BCUT2D eigenvalue weighted by Crippen LogP contribution is -2.65. The topological polar surface area (TPSA) is 152 Å². The van der Waals surface area contributed by atoms with Gasteiger partial charge in [-0.15, -0.1) is 0 Å². The number of rotatable bonds is 7. The molecule has 1 aromatic carbocycles. The fraction of sp³-hybridized carbons (Fsp3) is 0.533. The minimum absolute atomic E-state index is 0.0796. The van der Waals surface area contributed by atoms with Gasteiger partial charge in [0.25, 0.3) is 0 Å². The van der Waals surface area contributed by atoms with Crippen molar-refractivity contribution in [2.45, 2.75) is 44.2 Å². The van der Waals surface area contributed by atoms with E-state index in [1.165, 1.54) is 6.92 Å². The summed E-state index contributed by atoms with van der Waals surface area (Å²) in [6.45, 7) is 0.559. The highest BCUT2D eigenvalue weighted by Crippen LogP contribution is 2.26. The first-order chi connectivity index (χ1) is 12.2. The van der Waals surface area contributed by atoms with Crippen LogP contribution in [0.4, 0.5) is 0 Å². The Morgan fingerprint density at radius 2 is 1.96 bits per heavy atom. The normalized spacial score (nSPS) is 29.3. The molecular weight excluding hydrogens is 370 g/mol. The van der Waals surface area contributed by atoms with Gasteiger partial charge in [0, 0.05) is 6.92 Å². The standard InChI is InChI=1S/C15H21NO9S/c1-9(18)16-12-13(19)14(25-26(20,21)22)11(7-17)24-15(12)23-8-10-5-3-2-4-6-10/h2-6,11-15,17,19H,7-8H2,1H3,(H,16,18)(H,20,21,22)/t11-,12-,13-,14+,15-/m1/s1. The minimum atomic E-state index is -4.93. The highest BCUT2D eigenvalue weighted by Gasteiger charge is 2.48. The number of aliphatic hydroxyl groups excluding tert-OH is 2. The first-order valence-corrected chi connectivity index (χ1v) is 9.10. The summed E-state index contributed by atoms with van der Waals surface area (Å²) < 4.78 is 46.3. The Balaban J connectivity index is 2.18. The first-order valence-electron chi connectivity index (χ1n) is 7.74. The number of carbonyl (C=O) groups excluding carboxylic acids is 1. The zero-order chi connectivity index (χ0) is 19.3. The summed E-state index contributed by atoms with van der Waals surface area (Å²) in [4.78, 5) is 11.4. The van der Waals surface area contributed by atoms with E-state index in [2.05, 4.69) is 9.50 Å². The second kappa shape index (κ2) is 8.86. The maximum Gasteiger partial charge on any atom is 0.397 e. The van der Waals surface area contributed by atoms with Crippen LogP contribution in [0.1, 0.15) is 12.5 Å². The SMILES string of the molecule is CC(=O)N[C@H]1[C@H](OCc2ccccc2)O[C@H](CO)[C@H](OS(=O)(=O)O)[C@@H]1O. The van der Waals surface area contributed by atoms with Gasteiger partial charge in [-0.3, -0.25) is 9.35 Å². The lowest BCUT2D eigenvalue weighted by atomic mass is 9.97. The van der Waals surface area contributed by atoms with Crippen molar-refractivity contribution >= 4 is 16.3 Å². The molecule has 0 radical (unpaired) electrons. The zero-order valence-corrected chi connectivity index (χ0v) is 14.7. The van der Waals surface area contributed by atoms with Crippen molar-refractivity contribution in [3.05, 3.63) is 35.9 Å². The van der Waals surface area contributed by atoms with E-state index >= 15 is 0 Å². The van der Waals surface area contributed by atoms with Crippen LogP contribution in [0.25, 0.3) is 0 Å². The smallest absolute Gasteiger partial charge is 0.394 e. The second-order valence-electron chi connectivity index (χ2n) is 5.73. The van der Waals surface area contributed by atoms with E-state index < -0.39 is 53.6 Å². The van der Waals surface area contributed by atoms with Crippen molar-refractivity contribution in [1.29, 1.82) is 0 Å². The van der Waals surface area contributed by atoms with Crippen LogP contribution >= 0.6 is 0 Å². The van der Waals surface area contributed by atoms with Crippen LogP contribution in [0.2, 0.25) is 0 Å². The van der Waals surface area contributed by atoms with Crippen molar-refractivity contribution in [2.24, 2.45) is 0 Å². The summed E-state index contributed by atoms with van der Waals surface area (Å²) in [7, 11) is -4.93. The molecule has 1 aromatic rings. The average molecular weight is 391 g/mol. The number of nitrogens with one attached hydrogen (secondary N) is 1. The maximum atomic E-state index is 11.4. The van der Waals surface area contributed by atoms with Crippen molar-refractivity contribution in [1.82, 2.24) is 5.32 Å². The zero-order valence-electron chi connectivity index (χ0n) is 13.9. The predicted octanol–water partition coefficient (Wildman–Crippen LogP) is -1.03. The Labute approximate surface area is 150 Å². The largest absolute Gasteiger partial charge is 0.397 e. The molecule has 1 saturated heterocycles. The predicted molar refractivity (Wildman–Crippen MR) is 87.0 cm³/mol. The monoisotopic (exact) mass is 391 g/mol. The fourth-order valence-corrected chi connectivity index (χ4v) is 3.13. The molecule has 4 N–H and O–H groups in total. The van der Waals surface area contributed by atoms with Crippen LogP contribution in [0.15, 0.2) is 30.3 Å². The van der Waals surface area contributed by atoms with E-state index in [-0.39, 0.29) is 6.61 Å². The van der Waals surface area contributed by atoms with E-state index in [9.17, 15) is 23.4 Å². The Morgan fingerprint density at radius 1 is 1.31 bits per heavy atom. The summed E-state index contributed by atoms with van der Waals surface area (Å²) >= 11 is 0. The molecule has 10 nitrogen and oxygen atoms in total. The Hall–Kier alpha value is -1.60. The van der Waals surface area contributed by atoms with Gasteiger partial charge in [-0.1, -0.05) is 30.3 Å². The molecule has 2 rings (SSSR count). The molecule has 5 atom stereocenters. The van der Waals surface area contributed by atoms with Crippen LogP contribution in [0, 0.1) is 0 Å². The summed E-state index contributed by atoms with van der Waals surface area (Å²) in [5, 5.41) is 22.2. The molecule has 26 heavy (non-hydrogen) atoms. The molecule has 0 spiro atoms. The Bertz CT molecular complexity index is 696. The van der Waals surface area contributed by atoms with Crippen LogP contribution < -0.4 is 5.32 Å². The third kappa shape index (κ3) is 5.71. The number of hydrogen-bond acceptors (Lipinski definition) is 8. The average Bonchev–Trinajstić information content (AvgIpc) is 2.57. The van der Waals surface area contributed by atoms with E-state index in [0.717, 1.165) is 5.56 Å². The summed E-state index contributed by atoms with van der Waals surface area (Å²) in [6, 6.07) is 7.82. The summed E-state index contributed by atoms with van der Waals surface area (Å²) in [6.07, 6.45) is -5.76. The molecule has 11 heteroatoms. The molecule has 1 aliphatic heterocycles. The number of ether oxygens (including phenoxy) is 2. The van der Waals surface area contributed by atoms with Crippen molar-refractivity contribution in [2.75, 3.05) is 6.61 Å². The minimum Gasteiger partial charge on any atom is -0.394 e. The molecule has 0 aromatic heterocycles. The van der Waals surface area contributed by atoms with Gasteiger partial charge in [0.05, 0.1) is 13.2 Å². The van der Waals surface area contributed by atoms with Crippen molar-refractivity contribution in [3.63, 3.8) is 0 Å². The van der Waals surface area contributed by atoms with Crippen molar-refractivity contribution in [3.8, 4) is 0 Å². The van der Waals surface area contributed by atoms with Crippen molar-refractivity contribution < 1.29 is 41.6 Å². The molecule has 1 aliphatic rings. The third-order valence-electron chi connectivity index (χ3n) is 3.71. The Kier molecular flexibility index (Phi) is 7.06. The molecule has 0 saturated carbocycles. The number of amides is 1. The lowest BCUT2D eigenvalue weighted by molar-refractivity contribution is -0.269. The fourth-order valence-electron chi connectivity index (χ4n) is 2.61. The van der Waals surface area contributed by atoms with Gasteiger partial charge in [-0.05, 0) is 5.56 Å². The van der Waals surface area contributed by atoms with Gasteiger partial charge in [0.1, 0.15) is 24.4 Å². The molecule has 1 fully saturated rings. The highest BCUT2D eigenvalue weighted by atomic mass is 32.3. The van der Waals surface area contributed by atoms with Crippen LogP contribution in [0.5, 0.6) is 0 Å². The Morgan fingerprint density at radius 3 is 2.50 bits per heavy atom. The summed E-state index contributed by atoms with van der Waals surface area (Å²) in [5.41, 5.74) is 0.795. The van der Waals surface area contributed by atoms with E-state index in [1.807, 2.05) is 6.07 Å². The van der Waals surface area contributed by atoms with E-state index in [1.54, 1.807) is 24.3 Å². The van der Waals surface area contributed by atoms with Gasteiger partial charge >= 0.3 is 10.4 Å². The molecule has 146 valence electrons. The number of aliphatic hydroxyl groups is 2. The number of benzene rings is 1. The second-order valence-corrected chi connectivity index (χ2v) is 6.78. The van der Waals surface area contributed by atoms with Gasteiger partial charge in [0.2, 0.25) is 5.91 Å². The molecule has 1 amide bonds. The molecular formula is C15H21NO9S. The number of carbonyl (C=O) groups is 1. The van der Waals surface area contributed by atoms with E-state index in [0.29, 0.717) is 0 Å². The maximum absolute atomic E-state index is 11.4. The lowest BCUT2D eigenvalue weighted by Gasteiger charge is -2.43. The third-order valence-corrected chi connectivity index (χ3v) is 4.18. The molecule has 0 unspecified atom stereocenters. The van der Waals surface area contributed by atoms with Gasteiger partial charge in [-0.2, -0.15) is 8.42 Å². The van der Waals surface area contributed by atoms with Gasteiger partial charge < -0.3 is 25.0 Å². The summed E-state index contributed by atoms with van der Waals surface area (Å²) in [5.74, 6) is -0.529. The highest BCUT2D eigenvalue weighted by molar-refractivity contribution is 7.80. The molecule has 0 aliphatic carbocycles. The molecule has 1 heterocycles. The van der Waals surface area contributed by atoms with Gasteiger partial charge in [0.15, 0.2) is 6.29 Å². The van der Waals surface area contributed by atoms with E-state index in [4.69, 9.17) is 14.0 Å². The van der Waals surface area contributed by atoms with Crippen LogP contribution in [-0.4, -0.2) is 66.3 Å². The quantitative estimate of drug-likeness (QED) is 0.428. The van der Waals surface area contributed by atoms with Crippen LogP contribution in [0.3, 0.4) is 0 Å². The van der Waals surface area contributed by atoms with Crippen LogP contribution in [-0.2, 0) is 35.5 Å². The molecule has 0 bridgehead atoms.